The van der Waals surface area contributed by atoms with Crippen molar-refractivity contribution in [3.8, 4) is 0 Å². The lowest BCUT2D eigenvalue weighted by atomic mass is 10.3. The summed E-state index contributed by atoms with van der Waals surface area (Å²) in [4.78, 5) is 25.8. The third-order valence-corrected chi connectivity index (χ3v) is 4.79. The summed E-state index contributed by atoms with van der Waals surface area (Å²) < 4.78 is 5.24. The number of anilines is 1. The van der Waals surface area contributed by atoms with Crippen molar-refractivity contribution in [3.63, 3.8) is 0 Å². The first-order valence-corrected chi connectivity index (χ1v) is 8.18. The summed E-state index contributed by atoms with van der Waals surface area (Å²) in [5.74, 6) is 2.36. The minimum atomic E-state index is 0.171. The molecule has 2 aromatic rings. The molecule has 0 unspecified atom stereocenters. The number of rotatable bonds is 4. The number of thioether (sulfide) groups is 1. The molecule has 2 aromatic heterocycles. The van der Waals surface area contributed by atoms with Gasteiger partial charge in [0.2, 0.25) is 5.91 Å². The van der Waals surface area contributed by atoms with E-state index in [-0.39, 0.29) is 5.91 Å². The van der Waals surface area contributed by atoms with Gasteiger partial charge in [-0.2, -0.15) is 0 Å². The van der Waals surface area contributed by atoms with Gasteiger partial charge in [-0.05, 0) is 13.0 Å². The van der Waals surface area contributed by atoms with Crippen LogP contribution < -0.4 is 4.90 Å². The predicted octanol–water partition coefficient (Wildman–Crippen LogP) is 1.82. The highest BCUT2D eigenvalue weighted by Crippen LogP contribution is 2.23. The van der Waals surface area contributed by atoms with Crippen molar-refractivity contribution in [2.75, 3.05) is 36.8 Å². The van der Waals surface area contributed by atoms with E-state index < -0.39 is 0 Å². The van der Waals surface area contributed by atoms with Crippen LogP contribution in [0.25, 0.3) is 0 Å². The van der Waals surface area contributed by atoms with E-state index in [1.165, 1.54) is 11.8 Å². The lowest BCUT2D eigenvalue weighted by Gasteiger charge is -2.35. The number of piperazine rings is 1. The summed E-state index contributed by atoms with van der Waals surface area (Å²) in [5.41, 5.74) is 0. The first kappa shape index (κ1) is 14.9. The topological polar surface area (TPSA) is 62.5 Å². The Morgan fingerprint density at radius 1 is 1.32 bits per heavy atom. The average Bonchev–Trinajstić information content (AvgIpc) is 2.99. The van der Waals surface area contributed by atoms with Crippen LogP contribution in [0.2, 0.25) is 0 Å². The zero-order chi connectivity index (χ0) is 15.4. The summed E-state index contributed by atoms with van der Waals surface area (Å²) in [6.45, 7) is 4.94. The number of hydrogen-bond acceptors (Lipinski definition) is 6. The van der Waals surface area contributed by atoms with E-state index in [9.17, 15) is 4.79 Å². The molecule has 3 heterocycles. The highest BCUT2D eigenvalue weighted by molar-refractivity contribution is 8.00. The molecule has 0 radical (unpaired) electrons. The fraction of sp³-hybridized carbons (Fsp3) is 0.400. The minimum Gasteiger partial charge on any atom is -0.468 e. The van der Waals surface area contributed by atoms with Gasteiger partial charge in [0.1, 0.15) is 11.6 Å². The van der Waals surface area contributed by atoms with Crippen LogP contribution in [0.3, 0.4) is 0 Å². The number of carbonyl (C=O) groups is 1. The zero-order valence-corrected chi connectivity index (χ0v) is 13.3. The molecule has 0 bridgehead atoms. The van der Waals surface area contributed by atoms with Crippen molar-refractivity contribution in [1.29, 1.82) is 0 Å². The predicted molar refractivity (Wildman–Crippen MR) is 85.0 cm³/mol. The Labute approximate surface area is 133 Å². The van der Waals surface area contributed by atoms with E-state index in [4.69, 9.17) is 4.42 Å². The normalized spacial score (nSPS) is 15.1. The maximum Gasteiger partial charge on any atom is 0.233 e. The van der Waals surface area contributed by atoms with Gasteiger partial charge >= 0.3 is 0 Å². The largest absolute Gasteiger partial charge is 0.468 e. The molecule has 22 heavy (non-hydrogen) atoms. The number of amides is 1. The van der Waals surface area contributed by atoms with Gasteiger partial charge in [0.15, 0.2) is 0 Å². The molecule has 0 N–H and O–H groups in total. The van der Waals surface area contributed by atoms with Gasteiger partial charge < -0.3 is 14.2 Å². The maximum atomic E-state index is 12.3. The SMILES string of the molecule is Cc1occc1SCC(=O)N1CCN(c2cnccn2)CC1. The van der Waals surface area contributed by atoms with Crippen molar-refractivity contribution >= 4 is 23.5 Å². The van der Waals surface area contributed by atoms with E-state index in [1.807, 2.05) is 17.9 Å². The molecule has 1 fully saturated rings. The highest BCUT2D eigenvalue weighted by atomic mass is 32.2. The quantitative estimate of drug-likeness (QED) is 0.801. The number of aryl methyl sites for hydroxylation is 1. The molecule has 0 saturated carbocycles. The summed E-state index contributed by atoms with van der Waals surface area (Å²) in [5, 5.41) is 0. The second-order valence-corrected chi connectivity index (χ2v) is 6.08. The Kier molecular flexibility index (Phi) is 4.62. The molecule has 1 aliphatic heterocycles. The van der Waals surface area contributed by atoms with Crippen molar-refractivity contribution in [2.24, 2.45) is 0 Å². The lowest BCUT2D eigenvalue weighted by molar-refractivity contribution is -0.128. The summed E-state index contributed by atoms with van der Waals surface area (Å²) in [6.07, 6.45) is 6.77. The highest BCUT2D eigenvalue weighted by Gasteiger charge is 2.22. The van der Waals surface area contributed by atoms with E-state index in [0.29, 0.717) is 5.75 Å². The van der Waals surface area contributed by atoms with Crippen LogP contribution >= 0.6 is 11.8 Å². The second kappa shape index (κ2) is 6.83. The van der Waals surface area contributed by atoms with Crippen LogP contribution in [0.15, 0.2) is 40.2 Å². The lowest BCUT2D eigenvalue weighted by Crippen LogP contribution is -2.49. The van der Waals surface area contributed by atoms with E-state index in [2.05, 4.69) is 14.9 Å². The number of aromatic nitrogens is 2. The molecule has 7 heteroatoms. The molecule has 0 spiro atoms. The molecule has 116 valence electrons. The molecular formula is C15H18N4O2S. The Balaban J connectivity index is 1.49. The van der Waals surface area contributed by atoms with Crippen molar-refractivity contribution in [1.82, 2.24) is 14.9 Å². The van der Waals surface area contributed by atoms with Crippen molar-refractivity contribution in [2.45, 2.75) is 11.8 Å². The number of furan rings is 1. The van der Waals surface area contributed by atoms with Gasteiger partial charge in [-0.3, -0.25) is 9.78 Å². The molecule has 0 aliphatic carbocycles. The average molecular weight is 318 g/mol. The second-order valence-electron chi connectivity index (χ2n) is 5.06. The van der Waals surface area contributed by atoms with Crippen LogP contribution in [-0.2, 0) is 4.79 Å². The third kappa shape index (κ3) is 3.41. The summed E-state index contributed by atoms with van der Waals surface area (Å²) in [7, 11) is 0. The molecule has 3 rings (SSSR count). The van der Waals surface area contributed by atoms with Gasteiger partial charge in [0, 0.05) is 43.5 Å². The van der Waals surface area contributed by atoms with Crippen LogP contribution in [0.1, 0.15) is 5.76 Å². The molecule has 1 amide bonds. The first-order chi connectivity index (χ1) is 10.7. The smallest absolute Gasteiger partial charge is 0.233 e. The zero-order valence-electron chi connectivity index (χ0n) is 12.4. The molecule has 6 nitrogen and oxygen atoms in total. The fourth-order valence-electron chi connectivity index (χ4n) is 2.39. The Hall–Kier alpha value is -2.02. The monoisotopic (exact) mass is 318 g/mol. The van der Waals surface area contributed by atoms with Gasteiger partial charge in [0.05, 0.1) is 18.2 Å². The van der Waals surface area contributed by atoms with E-state index in [1.54, 1.807) is 24.9 Å². The minimum absolute atomic E-state index is 0.171. The number of nitrogens with zero attached hydrogens (tertiary/aromatic N) is 4. The van der Waals surface area contributed by atoms with Gasteiger partial charge in [0.25, 0.3) is 0 Å². The standard InChI is InChI=1S/C15H18N4O2S/c1-12-13(2-9-21-12)22-11-15(20)19-7-5-18(6-8-19)14-10-16-3-4-17-14/h2-4,9-10H,5-8,11H2,1H3. The third-order valence-electron chi connectivity index (χ3n) is 3.67. The van der Waals surface area contributed by atoms with Crippen LogP contribution in [0, 0.1) is 6.92 Å². The van der Waals surface area contributed by atoms with Crippen molar-refractivity contribution < 1.29 is 9.21 Å². The van der Waals surface area contributed by atoms with Gasteiger partial charge in [-0.15, -0.1) is 11.8 Å². The summed E-state index contributed by atoms with van der Waals surface area (Å²) >= 11 is 1.53. The van der Waals surface area contributed by atoms with Crippen LogP contribution in [-0.4, -0.2) is 52.7 Å². The molecule has 0 aromatic carbocycles. The van der Waals surface area contributed by atoms with E-state index in [0.717, 1.165) is 42.7 Å². The molecular weight excluding hydrogens is 300 g/mol. The molecule has 0 atom stereocenters. The van der Waals surface area contributed by atoms with Crippen LogP contribution in [0.4, 0.5) is 5.82 Å². The maximum absolute atomic E-state index is 12.3. The Morgan fingerprint density at radius 2 is 2.14 bits per heavy atom. The van der Waals surface area contributed by atoms with Gasteiger partial charge in [-0.25, -0.2) is 4.98 Å². The fourth-order valence-corrected chi connectivity index (χ4v) is 3.26. The Morgan fingerprint density at radius 3 is 2.77 bits per heavy atom. The number of carbonyl (C=O) groups excluding carboxylic acids is 1. The van der Waals surface area contributed by atoms with Crippen LogP contribution in [0.5, 0.6) is 0 Å². The number of hydrogen-bond donors (Lipinski definition) is 0. The first-order valence-electron chi connectivity index (χ1n) is 7.19. The Bertz CT molecular complexity index is 623. The van der Waals surface area contributed by atoms with Gasteiger partial charge in [-0.1, -0.05) is 0 Å². The van der Waals surface area contributed by atoms with Crippen molar-refractivity contribution in [3.05, 3.63) is 36.7 Å². The van der Waals surface area contributed by atoms with E-state index >= 15 is 0 Å². The molecule has 1 saturated heterocycles. The summed E-state index contributed by atoms with van der Waals surface area (Å²) in [6, 6.07) is 1.90. The molecule has 1 aliphatic rings.